The molecule has 0 fully saturated rings. The fourth-order valence-corrected chi connectivity index (χ4v) is 3.10. The van der Waals surface area contributed by atoms with E-state index < -0.39 is 5.25 Å². The number of nitrogens with one attached hydrogen (secondary N) is 1. The highest BCUT2D eigenvalue weighted by molar-refractivity contribution is 7.99. The van der Waals surface area contributed by atoms with Gasteiger partial charge in [-0.3, -0.25) is 0 Å². The van der Waals surface area contributed by atoms with E-state index in [1.54, 1.807) is 6.92 Å². The fraction of sp³-hybridized carbons (Fsp3) is 0.235. The van der Waals surface area contributed by atoms with Crippen LogP contribution in [0, 0.1) is 25.2 Å². The number of aliphatic hydroxyl groups is 1. The number of benzene rings is 1. The summed E-state index contributed by atoms with van der Waals surface area (Å²) in [4.78, 5) is 11.7. The molecule has 0 aliphatic rings. The molecule has 0 aliphatic heterocycles. The van der Waals surface area contributed by atoms with Gasteiger partial charge in [-0.05, 0) is 32.9 Å². The Balaban J connectivity index is 1.92. The first-order chi connectivity index (χ1) is 11.5. The molecule has 0 radical (unpaired) electrons. The molecule has 6 nitrogen and oxygen atoms in total. The van der Waals surface area contributed by atoms with Gasteiger partial charge in [0.1, 0.15) is 23.2 Å². The maximum absolute atomic E-state index is 10.5. The number of oxazole rings is 1. The standard InChI is InChI=1S/C17H16N4O2S/c1-9-10(2)23-17(19-9)24-11(3)15(22)12(8-18)16-20-13-6-4-5-7-14(13)21-16/h4-7,11,22H,1-3H3,(H,20,21). The summed E-state index contributed by atoms with van der Waals surface area (Å²) in [6.45, 7) is 5.48. The van der Waals surface area contributed by atoms with Crippen molar-refractivity contribution in [3.63, 3.8) is 0 Å². The van der Waals surface area contributed by atoms with Gasteiger partial charge < -0.3 is 14.5 Å². The number of thioether (sulfide) groups is 1. The average Bonchev–Trinajstić information content (AvgIpc) is 3.11. The van der Waals surface area contributed by atoms with Gasteiger partial charge in [0.15, 0.2) is 5.82 Å². The van der Waals surface area contributed by atoms with E-state index in [2.05, 4.69) is 15.0 Å². The molecular formula is C17H16N4O2S. The number of aromatic nitrogens is 3. The Hall–Kier alpha value is -2.72. The lowest BCUT2D eigenvalue weighted by atomic mass is 10.2. The molecule has 0 aliphatic carbocycles. The topological polar surface area (TPSA) is 98.7 Å². The van der Waals surface area contributed by atoms with Crippen molar-refractivity contribution in [2.75, 3.05) is 0 Å². The van der Waals surface area contributed by atoms with Crippen LogP contribution in [0.25, 0.3) is 16.6 Å². The van der Waals surface area contributed by atoms with Crippen LogP contribution in [0.1, 0.15) is 24.2 Å². The van der Waals surface area contributed by atoms with Gasteiger partial charge in [0, 0.05) is 0 Å². The van der Waals surface area contributed by atoms with Crippen LogP contribution >= 0.6 is 11.8 Å². The number of nitrogens with zero attached hydrogens (tertiary/aromatic N) is 3. The molecule has 1 aromatic carbocycles. The first kappa shape index (κ1) is 16.1. The minimum Gasteiger partial charge on any atom is -0.510 e. The minimum absolute atomic E-state index is 0.0601. The van der Waals surface area contributed by atoms with Gasteiger partial charge in [0.25, 0.3) is 5.22 Å². The Labute approximate surface area is 143 Å². The number of H-pyrrole nitrogens is 1. The lowest BCUT2D eigenvalue weighted by Crippen LogP contribution is -2.04. The molecule has 0 spiro atoms. The number of aryl methyl sites for hydroxylation is 2. The summed E-state index contributed by atoms with van der Waals surface area (Å²) in [5.41, 5.74) is 2.48. The third kappa shape index (κ3) is 3.01. The molecule has 0 bridgehead atoms. The van der Waals surface area contributed by atoms with Crippen molar-refractivity contribution in [1.82, 2.24) is 15.0 Å². The molecule has 2 heterocycles. The van der Waals surface area contributed by atoms with Crippen molar-refractivity contribution in [1.29, 1.82) is 5.26 Å². The van der Waals surface area contributed by atoms with Crippen molar-refractivity contribution in [2.45, 2.75) is 31.2 Å². The normalized spacial score (nSPS) is 13.6. The largest absolute Gasteiger partial charge is 0.510 e. The Morgan fingerprint density at radius 1 is 1.33 bits per heavy atom. The number of fused-ring (bicyclic) bond motifs is 1. The van der Waals surface area contributed by atoms with E-state index in [0.717, 1.165) is 22.5 Å². The van der Waals surface area contributed by atoms with E-state index >= 15 is 0 Å². The molecule has 2 aromatic heterocycles. The highest BCUT2D eigenvalue weighted by Crippen LogP contribution is 2.31. The van der Waals surface area contributed by atoms with E-state index in [1.807, 2.05) is 44.2 Å². The number of hydrogen-bond acceptors (Lipinski definition) is 6. The summed E-state index contributed by atoms with van der Waals surface area (Å²) in [6.07, 6.45) is 0. The van der Waals surface area contributed by atoms with Gasteiger partial charge in [0.05, 0.1) is 22.0 Å². The van der Waals surface area contributed by atoms with Crippen LogP contribution in [0.15, 0.2) is 39.7 Å². The van der Waals surface area contributed by atoms with Crippen LogP contribution in [0.2, 0.25) is 0 Å². The van der Waals surface area contributed by atoms with Crippen LogP contribution in [0.3, 0.4) is 0 Å². The third-order valence-corrected chi connectivity index (χ3v) is 4.62. The summed E-state index contributed by atoms with van der Waals surface area (Å²) >= 11 is 1.25. The Morgan fingerprint density at radius 2 is 2.08 bits per heavy atom. The summed E-state index contributed by atoms with van der Waals surface area (Å²) < 4.78 is 5.51. The summed E-state index contributed by atoms with van der Waals surface area (Å²) in [7, 11) is 0. The summed E-state index contributed by atoms with van der Waals surface area (Å²) in [6, 6.07) is 9.50. The van der Waals surface area contributed by atoms with Crippen LogP contribution < -0.4 is 0 Å². The molecular weight excluding hydrogens is 324 g/mol. The second-order valence-corrected chi connectivity index (χ2v) is 6.65. The SMILES string of the molecule is Cc1nc(SC(C)C(O)=C(C#N)c2nc3ccccc3[nH]2)oc1C. The fourth-order valence-electron chi connectivity index (χ4n) is 2.21. The van der Waals surface area contributed by atoms with Crippen molar-refractivity contribution in [2.24, 2.45) is 0 Å². The Morgan fingerprint density at radius 3 is 2.71 bits per heavy atom. The van der Waals surface area contributed by atoms with E-state index in [9.17, 15) is 10.4 Å². The quantitative estimate of drug-likeness (QED) is 0.421. The first-order valence-corrected chi connectivity index (χ1v) is 8.26. The smallest absolute Gasteiger partial charge is 0.256 e. The van der Waals surface area contributed by atoms with Gasteiger partial charge in [-0.25, -0.2) is 9.97 Å². The van der Waals surface area contributed by atoms with Crippen LogP contribution in [0.5, 0.6) is 0 Å². The van der Waals surface area contributed by atoms with E-state index in [0.29, 0.717) is 11.0 Å². The van der Waals surface area contributed by atoms with Crippen LogP contribution in [0.4, 0.5) is 0 Å². The molecule has 0 saturated carbocycles. The monoisotopic (exact) mass is 340 g/mol. The molecule has 1 atom stereocenters. The maximum Gasteiger partial charge on any atom is 0.256 e. The average molecular weight is 340 g/mol. The van der Waals surface area contributed by atoms with Gasteiger partial charge in [-0.1, -0.05) is 23.9 Å². The summed E-state index contributed by atoms with van der Waals surface area (Å²) in [5, 5.41) is 20.0. The van der Waals surface area contributed by atoms with Crippen molar-refractivity contribution >= 4 is 28.4 Å². The lowest BCUT2D eigenvalue weighted by molar-refractivity contribution is 0.397. The predicted octanol–water partition coefficient (Wildman–Crippen LogP) is 4.14. The number of aliphatic hydroxyl groups excluding tert-OH is 1. The zero-order chi connectivity index (χ0) is 17.3. The van der Waals surface area contributed by atoms with Crippen LogP contribution in [-0.4, -0.2) is 25.3 Å². The molecule has 7 heteroatoms. The van der Waals surface area contributed by atoms with Crippen LogP contribution in [-0.2, 0) is 0 Å². The Kier molecular flexibility index (Phi) is 4.32. The molecule has 122 valence electrons. The minimum atomic E-state index is -0.398. The summed E-state index contributed by atoms with van der Waals surface area (Å²) in [5.74, 6) is 1.03. The van der Waals surface area contributed by atoms with Crippen molar-refractivity contribution in [3.8, 4) is 6.07 Å². The number of rotatable bonds is 4. The van der Waals surface area contributed by atoms with Gasteiger partial charge >= 0.3 is 0 Å². The van der Waals surface area contributed by atoms with Gasteiger partial charge in [-0.2, -0.15) is 5.26 Å². The van der Waals surface area contributed by atoms with Gasteiger partial charge in [0.2, 0.25) is 0 Å². The second kappa shape index (κ2) is 6.42. The molecule has 0 amide bonds. The first-order valence-electron chi connectivity index (χ1n) is 7.38. The zero-order valence-corrected chi connectivity index (χ0v) is 14.3. The van der Waals surface area contributed by atoms with Crippen molar-refractivity contribution in [3.05, 3.63) is 47.3 Å². The molecule has 24 heavy (non-hydrogen) atoms. The molecule has 3 aromatic rings. The highest BCUT2D eigenvalue weighted by atomic mass is 32.2. The van der Waals surface area contributed by atoms with E-state index in [1.165, 1.54) is 11.8 Å². The Bertz CT molecular complexity index is 912. The number of nitriles is 1. The number of imidazole rings is 1. The number of hydrogen-bond donors (Lipinski definition) is 2. The highest BCUT2D eigenvalue weighted by Gasteiger charge is 2.21. The predicted molar refractivity (Wildman–Crippen MR) is 92.6 cm³/mol. The molecule has 3 rings (SSSR count). The number of para-hydroxylation sites is 2. The third-order valence-electron chi connectivity index (χ3n) is 3.67. The second-order valence-electron chi connectivity index (χ2n) is 5.36. The maximum atomic E-state index is 10.5. The van der Waals surface area contributed by atoms with E-state index in [4.69, 9.17) is 4.42 Å². The van der Waals surface area contributed by atoms with E-state index in [-0.39, 0.29) is 11.3 Å². The number of allylic oxidation sites excluding steroid dienone is 1. The molecule has 2 N–H and O–H groups in total. The molecule has 1 unspecified atom stereocenters. The lowest BCUT2D eigenvalue weighted by Gasteiger charge is -2.09. The van der Waals surface area contributed by atoms with Crippen molar-refractivity contribution < 1.29 is 9.52 Å². The zero-order valence-electron chi connectivity index (χ0n) is 13.5. The van der Waals surface area contributed by atoms with Gasteiger partial charge in [-0.15, -0.1) is 0 Å². The molecule has 0 saturated heterocycles. The number of aromatic amines is 1.